The fourth-order valence-corrected chi connectivity index (χ4v) is 3.31. The Morgan fingerprint density at radius 3 is 2.83 bits per heavy atom. The van der Waals surface area contributed by atoms with E-state index in [-0.39, 0.29) is 0 Å². The molecule has 1 fully saturated rings. The molecule has 1 saturated carbocycles. The van der Waals surface area contributed by atoms with E-state index < -0.39 is 15.3 Å². The molecule has 0 aliphatic heterocycles. The summed E-state index contributed by atoms with van der Waals surface area (Å²) in [4.78, 5) is 5.04. The summed E-state index contributed by atoms with van der Waals surface area (Å²) >= 11 is 1.51. The molecule has 1 atom stereocenters. The van der Waals surface area contributed by atoms with Crippen molar-refractivity contribution >= 4 is 21.4 Å². The van der Waals surface area contributed by atoms with Crippen LogP contribution in [-0.2, 0) is 16.6 Å². The quantitative estimate of drug-likeness (QED) is 0.786. The van der Waals surface area contributed by atoms with E-state index in [0.29, 0.717) is 19.1 Å². The Balaban J connectivity index is 1.81. The molecule has 0 aromatic carbocycles. The van der Waals surface area contributed by atoms with Gasteiger partial charge in [-0.3, -0.25) is 0 Å². The first-order chi connectivity index (χ1) is 8.47. The van der Waals surface area contributed by atoms with Gasteiger partial charge in [0, 0.05) is 30.2 Å². The molecule has 1 heterocycles. The summed E-state index contributed by atoms with van der Waals surface area (Å²) in [5.74, 6) is 0. The maximum Gasteiger partial charge on any atom is 0.215 e. The molecule has 1 aromatic heterocycles. The van der Waals surface area contributed by atoms with Crippen molar-refractivity contribution in [1.29, 1.82) is 0 Å². The zero-order valence-electron chi connectivity index (χ0n) is 10.6. The number of hydrogen-bond acceptors (Lipinski definition) is 5. The monoisotopic (exact) mass is 289 g/mol. The molecule has 5 nitrogen and oxygen atoms in total. The Bertz CT molecular complexity index is 494. The first-order valence-corrected chi connectivity index (χ1v) is 8.47. The molecule has 0 saturated heterocycles. The third-order valence-electron chi connectivity index (χ3n) is 2.92. The van der Waals surface area contributed by atoms with E-state index in [1.54, 1.807) is 13.1 Å². The van der Waals surface area contributed by atoms with E-state index in [1.807, 2.05) is 6.92 Å². The van der Waals surface area contributed by atoms with Gasteiger partial charge in [-0.25, -0.2) is 18.1 Å². The highest BCUT2D eigenvalue weighted by Gasteiger charge is 2.25. The van der Waals surface area contributed by atoms with Crippen LogP contribution >= 0.6 is 11.3 Å². The lowest BCUT2D eigenvalue weighted by Gasteiger charge is -2.14. The molecule has 7 heteroatoms. The molecule has 1 aliphatic carbocycles. The molecule has 102 valence electrons. The maximum atomic E-state index is 12.0. The van der Waals surface area contributed by atoms with Crippen LogP contribution in [0, 0.1) is 6.92 Å². The molecule has 1 aliphatic rings. The second-order valence-electron chi connectivity index (χ2n) is 4.70. The second kappa shape index (κ2) is 5.64. The Kier molecular flexibility index (Phi) is 4.37. The van der Waals surface area contributed by atoms with Gasteiger partial charge in [-0.15, -0.1) is 11.3 Å². The molecule has 0 bridgehead atoms. The minimum atomic E-state index is -3.25. The fourth-order valence-electron chi connectivity index (χ4n) is 1.53. The van der Waals surface area contributed by atoms with Crippen LogP contribution in [0.15, 0.2) is 6.20 Å². The van der Waals surface area contributed by atoms with Gasteiger partial charge in [-0.05, 0) is 26.7 Å². The summed E-state index contributed by atoms with van der Waals surface area (Å²) in [6, 6.07) is 0.534. The summed E-state index contributed by atoms with van der Waals surface area (Å²) in [6.45, 7) is 4.49. The van der Waals surface area contributed by atoms with Crippen molar-refractivity contribution in [2.45, 2.75) is 44.5 Å². The molecule has 1 aromatic rings. The molecular weight excluding hydrogens is 270 g/mol. The number of aryl methyl sites for hydroxylation is 1. The summed E-state index contributed by atoms with van der Waals surface area (Å²) in [7, 11) is -3.25. The van der Waals surface area contributed by atoms with E-state index in [4.69, 9.17) is 0 Å². The van der Waals surface area contributed by atoms with Crippen LogP contribution in [0.3, 0.4) is 0 Å². The number of nitrogens with zero attached hydrogens (tertiary/aromatic N) is 1. The van der Waals surface area contributed by atoms with E-state index >= 15 is 0 Å². The Morgan fingerprint density at radius 1 is 1.56 bits per heavy atom. The minimum Gasteiger partial charge on any atom is -0.313 e. The van der Waals surface area contributed by atoms with E-state index in [1.165, 1.54) is 24.2 Å². The predicted molar refractivity (Wildman–Crippen MR) is 73.1 cm³/mol. The molecule has 2 N–H and O–H groups in total. The smallest absolute Gasteiger partial charge is 0.215 e. The Hall–Kier alpha value is -0.500. The number of thiazole rings is 1. The van der Waals surface area contributed by atoms with Crippen LogP contribution in [0.2, 0.25) is 0 Å². The standard InChI is InChI=1S/C11H19N3O2S2/c1-8(5-13-10-3-4-10)18(15,16)14-7-11-6-12-9(2)17-11/h6,8,10,13-14H,3-5,7H2,1-2H3. The van der Waals surface area contributed by atoms with Gasteiger partial charge in [0.05, 0.1) is 10.3 Å². The molecule has 2 rings (SSSR count). The summed E-state index contributed by atoms with van der Waals surface area (Å²) < 4.78 is 26.6. The average Bonchev–Trinajstić information content (AvgIpc) is 3.06. The zero-order valence-corrected chi connectivity index (χ0v) is 12.3. The topological polar surface area (TPSA) is 71.1 Å². The van der Waals surface area contributed by atoms with Crippen molar-refractivity contribution in [1.82, 2.24) is 15.0 Å². The van der Waals surface area contributed by atoms with Gasteiger partial charge < -0.3 is 5.32 Å². The van der Waals surface area contributed by atoms with Crippen molar-refractivity contribution in [3.05, 3.63) is 16.1 Å². The molecular formula is C11H19N3O2S2. The Morgan fingerprint density at radius 2 is 2.28 bits per heavy atom. The average molecular weight is 289 g/mol. The zero-order chi connectivity index (χ0) is 13.2. The normalized spacial score (nSPS) is 17.9. The highest BCUT2D eigenvalue weighted by Crippen LogP contribution is 2.18. The highest BCUT2D eigenvalue weighted by molar-refractivity contribution is 7.90. The van der Waals surface area contributed by atoms with Gasteiger partial charge in [0.25, 0.3) is 0 Å². The maximum absolute atomic E-state index is 12.0. The lowest BCUT2D eigenvalue weighted by molar-refractivity contribution is 0.557. The third-order valence-corrected chi connectivity index (χ3v) is 5.60. The lowest BCUT2D eigenvalue weighted by Crippen LogP contribution is -2.39. The van der Waals surface area contributed by atoms with E-state index in [2.05, 4.69) is 15.0 Å². The van der Waals surface area contributed by atoms with Gasteiger partial charge in [0.1, 0.15) is 0 Å². The highest BCUT2D eigenvalue weighted by atomic mass is 32.2. The molecule has 1 unspecified atom stereocenters. The molecule has 18 heavy (non-hydrogen) atoms. The van der Waals surface area contributed by atoms with Crippen molar-refractivity contribution < 1.29 is 8.42 Å². The first kappa shape index (κ1) is 13.9. The van der Waals surface area contributed by atoms with Crippen LogP contribution in [0.5, 0.6) is 0 Å². The van der Waals surface area contributed by atoms with Gasteiger partial charge >= 0.3 is 0 Å². The third kappa shape index (κ3) is 4.01. The minimum absolute atomic E-state index is 0.335. The number of hydrogen-bond donors (Lipinski definition) is 2. The second-order valence-corrected chi connectivity index (χ2v) is 8.21. The van der Waals surface area contributed by atoms with Crippen LogP contribution in [-0.4, -0.2) is 31.2 Å². The van der Waals surface area contributed by atoms with Crippen molar-refractivity contribution in [3.63, 3.8) is 0 Å². The van der Waals surface area contributed by atoms with Crippen LogP contribution in [0.25, 0.3) is 0 Å². The van der Waals surface area contributed by atoms with Crippen molar-refractivity contribution in [3.8, 4) is 0 Å². The number of rotatable bonds is 7. The van der Waals surface area contributed by atoms with E-state index in [9.17, 15) is 8.42 Å². The van der Waals surface area contributed by atoms with Gasteiger partial charge in [-0.2, -0.15) is 0 Å². The van der Waals surface area contributed by atoms with Gasteiger partial charge in [0.15, 0.2) is 0 Å². The largest absolute Gasteiger partial charge is 0.313 e. The number of aromatic nitrogens is 1. The Labute approximate surface area is 112 Å². The number of sulfonamides is 1. The SMILES string of the molecule is Cc1ncc(CNS(=O)(=O)C(C)CNC2CC2)s1. The fraction of sp³-hybridized carbons (Fsp3) is 0.727. The van der Waals surface area contributed by atoms with Crippen molar-refractivity contribution in [2.75, 3.05) is 6.54 Å². The lowest BCUT2D eigenvalue weighted by atomic mass is 10.4. The first-order valence-electron chi connectivity index (χ1n) is 6.10. The predicted octanol–water partition coefficient (Wildman–Crippen LogP) is 1.01. The van der Waals surface area contributed by atoms with Gasteiger partial charge in [0.2, 0.25) is 10.0 Å². The molecule has 0 spiro atoms. The summed E-state index contributed by atoms with van der Waals surface area (Å²) in [6.07, 6.45) is 4.05. The summed E-state index contributed by atoms with van der Waals surface area (Å²) in [5.41, 5.74) is 0. The van der Waals surface area contributed by atoms with Crippen molar-refractivity contribution in [2.24, 2.45) is 0 Å². The van der Waals surface area contributed by atoms with Crippen LogP contribution in [0.1, 0.15) is 29.7 Å². The van der Waals surface area contributed by atoms with Gasteiger partial charge in [-0.1, -0.05) is 0 Å². The molecule has 0 radical (unpaired) electrons. The van der Waals surface area contributed by atoms with Crippen LogP contribution in [0.4, 0.5) is 0 Å². The number of nitrogens with one attached hydrogen (secondary N) is 2. The van der Waals surface area contributed by atoms with Crippen LogP contribution < -0.4 is 10.0 Å². The summed E-state index contributed by atoms with van der Waals surface area (Å²) in [5, 5.41) is 3.78. The van der Waals surface area contributed by atoms with E-state index in [0.717, 1.165) is 9.88 Å². The molecule has 0 amide bonds.